The van der Waals surface area contributed by atoms with E-state index in [4.69, 9.17) is 0 Å². The van der Waals surface area contributed by atoms with Crippen LogP contribution in [0.5, 0.6) is 0 Å². The second-order valence-corrected chi connectivity index (χ2v) is 9.75. The summed E-state index contributed by atoms with van der Waals surface area (Å²) in [5, 5.41) is 6.31. The van der Waals surface area contributed by atoms with Gasteiger partial charge < -0.3 is 15.5 Å². The molecule has 1 atom stereocenters. The molecule has 4 aromatic rings. The number of aromatic nitrogens is 3. The molecule has 8 nitrogen and oxygen atoms in total. The van der Waals surface area contributed by atoms with Crippen molar-refractivity contribution in [1.29, 1.82) is 0 Å². The van der Waals surface area contributed by atoms with E-state index in [-0.39, 0.29) is 5.91 Å². The summed E-state index contributed by atoms with van der Waals surface area (Å²) in [5.41, 5.74) is 6.08. The molecule has 1 saturated heterocycles. The van der Waals surface area contributed by atoms with Crippen molar-refractivity contribution in [3.63, 3.8) is 0 Å². The summed E-state index contributed by atoms with van der Waals surface area (Å²) >= 11 is 0. The van der Waals surface area contributed by atoms with Gasteiger partial charge in [-0.1, -0.05) is 18.2 Å². The molecule has 1 aliphatic heterocycles. The van der Waals surface area contributed by atoms with Gasteiger partial charge in [-0.05, 0) is 74.5 Å². The first-order valence-electron chi connectivity index (χ1n) is 12.9. The molecular weight excluding hydrogens is 474 g/mol. The molecule has 0 aliphatic carbocycles. The van der Waals surface area contributed by atoms with Crippen molar-refractivity contribution in [3.8, 4) is 11.3 Å². The van der Waals surface area contributed by atoms with Crippen LogP contribution < -0.4 is 10.6 Å². The van der Waals surface area contributed by atoms with Gasteiger partial charge in [0.05, 0.1) is 5.69 Å². The van der Waals surface area contributed by atoms with Gasteiger partial charge in [0, 0.05) is 73.3 Å². The van der Waals surface area contributed by atoms with E-state index >= 15 is 0 Å². The molecule has 0 saturated carbocycles. The molecule has 1 amide bonds. The lowest BCUT2D eigenvalue weighted by Gasteiger charge is -2.36. The summed E-state index contributed by atoms with van der Waals surface area (Å²) in [6.45, 7) is 8.52. The zero-order chi connectivity index (χ0) is 26.5. The van der Waals surface area contributed by atoms with Crippen molar-refractivity contribution >= 4 is 23.2 Å². The number of carbonyl (C=O) groups is 1. The number of amides is 1. The van der Waals surface area contributed by atoms with Crippen LogP contribution in [0.2, 0.25) is 0 Å². The highest BCUT2D eigenvalue weighted by atomic mass is 16.1. The van der Waals surface area contributed by atoms with E-state index in [0.717, 1.165) is 48.7 Å². The van der Waals surface area contributed by atoms with Crippen LogP contribution >= 0.6 is 0 Å². The number of nitrogens with one attached hydrogen (secondary N) is 2. The monoisotopic (exact) mass is 507 g/mol. The molecule has 5 rings (SSSR count). The molecule has 8 heteroatoms. The molecule has 1 aliphatic rings. The number of benzene rings is 2. The Kier molecular flexibility index (Phi) is 7.72. The van der Waals surface area contributed by atoms with Crippen molar-refractivity contribution in [2.24, 2.45) is 0 Å². The first-order valence-corrected chi connectivity index (χ1v) is 12.9. The fourth-order valence-corrected chi connectivity index (χ4v) is 4.59. The largest absolute Gasteiger partial charge is 0.324 e. The molecule has 0 radical (unpaired) electrons. The zero-order valence-corrected chi connectivity index (χ0v) is 22.1. The topological polar surface area (TPSA) is 86.3 Å². The predicted molar refractivity (Wildman–Crippen MR) is 152 cm³/mol. The number of piperazine rings is 1. The number of anilines is 3. The highest BCUT2D eigenvalue weighted by Gasteiger charge is 2.20. The van der Waals surface area contributed by atoms with Crippen LogP contribution in [-0.2, 0) is 0 Å². The maximum Gasteiger partial charge on any atom is 0.255 e. The first kappa shape index (κ1) is 25.5. The Morgan fingerprint density at radius 1 is 0.974 bits per heavy atom. The lowest BCUT2D eigenvalue weighted by atomic mass is 10.0. The van der Waals surface area contributed by atoms with Gasteiger partial charge >= 0.3 is 0 Å². The summed E-state index contributed by atoms with van der Waals surface area (Å²) < 4.78 is 0. The molecule has 3 heterocycles. The summed E-state index contributed by atoms with van der Waals surface area (Å²) in [6, 6.07) is 19.7. The van der Waals surface area contributed by atoms with Crippen molar-refractivity contribution in [3.05, 3.63) is 95.9 Å². The number of likely N-dealkylation sites (N-methyl/N-ethyl adjacent to an activating group) is 1. The van der Waals surface area contributed by atoms with Gasteiger partial charge in [-0.3, -0.25) is 14.7 Å². The van der Waals surface area contributed by atoms with E-state index in [1.807, 2.05) is 55.5 Å². The maximum atomic E-state index is 13.0. The van der Waals surface area contributed by atoms with Crippen LogP contribution in [0.3, 0.4) is 0 Å². The average molecular weight is 508 g/mol. The number of hydrogen-bond acceptors (Lipinski definition) is 7. The Labute approximate surface area is 223 Å². The molecular formula is C30H33N7O. The van der Waals surface area contributed by atoms with Crippen LogP contribution in [0.25, 0.3) is 11.3 Å². The Morgan fingerprint density at radius 3 is 2.50 bits per heavy atom. The van der Waals surface area contributed by atoms with Gasteiger partial charge in [0.1, 0.15) is 0 Å². The molecule has 2 N–H and O–H groups in total. The lowest BCUT2D eigenvalue weighted by Crippen LogP contribution is -2.45. The van der Waals surface area contributed by atoms with E-state index < -0.39 is 0 Å². The molecule has 2 aromatic carbocycles. The molecule has 194 valence electrons. The quantitative estimate of drug-likeness (QED) is 0.358. The average Bonchev–Trinajstić information content (AvgIpc) is 2.95. The van der Waals surface area contributed by atoms with Gasteiger partial charge in [-0.15, -0.1) is 0 Å². The van der Waals surface area contributed by atoms with Crippen LogP contribution in [-0.4, -0.2) is 63.9 Å². The zero-order valence-electron chi connectivity index (χ0n) is 22.1. The van der Waals surface area contributed by atoms with E-state index in [1.54, 1.807) is 18.6 Å². The molecule has 0 bridgehead atoms. The number of aryl methyl sites for hydroxylation is 1. The van der Waals surface area contributed by atoms with Crippen molar-refractivity contribution in [2.75, 3.05) is 43.9 Å². The number of rotatable bonds is 7. The van der Waals surface area contributed by atoms with Gasteiger partial charge in [0.2, 0.25) is 5.95 Å². The second kappa shape index (κ2) is 11.5. The standard InChI is InChI=1S/C30H33N7O/c1-21-6-11-26(19-28(21)35-30-32-14-12-27(34-30)25-5-4-13-31-20-25)33-29(38)24-9-7-23(8-10-24)22(2)37-17-15-36(3)16-18-37/h4-14,19-20,22H,15-18H2,1-3H3,(H,33,38)(H,32,34,35). The van der Waals surface area contributed by atoms with Gasteiger partial charge in [0.25, 0.3) is 5.91 Å². The third-order valence-corrected chi connectivity index (χ3v) is 7.10. The van der Waals surface area contributed by atoms with Crippen LogP contribution in [0.15, 0.2) is 79.3 Å². The SMILES string of the molecule is Cc1ccc(NC(=O)c2ccc(C(C)N3CCN(C)CC3)cc2)cc1Nc1nccc(-c2cccnc2)n1. The van der Waals surface area contributed by atoms with E-state index in [0.29, 0.717) is 23.2 Å². The highest BCUT2D eigenvalue weighted by Crippen LogP contribution is 2.25. The Bertz CT molecular complexity index is 1380. The molecule has 0 spiro atoms. The number of hydrogen-bond donors (Lipinski definition) is 2. The Balaban J connectivity index is 1.25. The fraction of sp³-hybridized carbons (Fsp3) is 0.267. The molecule has 38 heavy (non-hydrogen) atoms. The van der Waals surface area contributed by atoms with Gasteiger partial charge in [-0.25, -0.2) is 9.97 Å². The minimum atomic E-state index is -0.145. The van der Waals surface area contributed by atoms with Crippen molar-refractivity contribution in [1.82, 2.24) is 24.8 Å². The second-order valence-electron chi connectivity index (χ2n) is 9.75. The molecule has 1 fully saturated rings. The van der Waals surface area contributed by atoms with Gasteiger partial charge in [0.15, 0.2) is 0 Å². The molecule has 1 unspecified atom stereocenters. The number of nitrogens with zero attached hydrogens (tertiary/aromatic N) is 5. The highest BCUT2D eigenvalue weighted by molar-refractivity contribution is 6.04. The summed E-state index contributed by atoms with van der Waals surface area (Å²) in [6.07, 6.45) is 5.22. The lowest BCUT2D eigenvalue weighted by molar-refractivity contribution is 0.102. The third kappa shape index (κ3) is 6.04. The predicted octanol–water partition coefficient (Wildman–Crippen LogP) is 5.15. The van der Waals surface area contributed by atoms with Gasteiger partial charge in [-0.2, -0.15) is 0 Å². The summed E-state index contributed by atoms with van der Waals surface area (Å²) in [4.78, 5) is 31.0. The maximum absolute atomic E-state index is 13.0. The van der Waals surface area contributed by atoms with Crippen molar-refractivity contribution < 1.29 is 4.79 Å². The number of pyridine rings is 1. The van der Waals surface area contributed by atoms with Crippen LogP contribution in [0.4, 0.5) is 17.3 Å². The first-order chi connectivity index (χ1) is 18.5. The smallest absolute Gasteiger partial charge is 0.255 e. The molecule has 2 aromatic heterocycles. The summed E-state index contributed by atoms with van der Waals surface area (Å²) in [5.74, 6) is 0.330. The Morgan fingerprint density at radius 2 is 1.76 bits per heavy atom. The normalized spacial score (nSPS) is 15.1. The fourth-order valence-electron chi connectivity index (χ4n) is 4.59. The Hall–Kier alpha value is -4.14. The van der Waals surface area contributed by atoms with Crippen molar-refractivity contribution in [2.45, 2.75) is 19.9 Å². The third-order valence-electron chi connectivity index (χ3n) is 7.10. The van der Waals surface area contributed by atoms with E-state index in [2.05, 4.69) is 61.5 Å². The van der Waals surface area contributed by atoms with E-state index in [9.17, 15) is 4.79 Å². The minimum absolute atomic E-state index is 0.145. The van der Waals surface area contributed by atoms with Crippen LogP contribution in [0.1, 0.15) is 34.5 Å². The summed E-state index contributed by atoms with van der Waals surface area (Å²) in [7, 11) is 2.16. The minimum Gasteiger partial charge on any atom is -0.324 e. The number of carbonyl (C=O) groups excluding carboxylic acids is 1. The van der Waals surface area contributed by atoms with E-state index in [1.165, 1.54) is 5.56 Å². The van der Waals surface area contributed by atoms with Crippen LogP contribution in [0, 0.1) is 6.92 Å².